The van der Waals surface area contributed by atoms with Crippen LogP contribution in [-0.2, 0) is 23.8 Å². The Kier molecular flexibility index (Phi) is 17.0. The van der Waals surface area contributed by atoms with Gasteiger partial charge in [-0.15, -0.1) is 0 Å². The van der Waals surface area contributed by atoms with Crippen LogP contribution in [0.5, 0.6) is 23.0 Å². The number of hydrogen-bond donors (Lipinski definition) is 3. The van der Waals surface area contributed by atoms with Crippen molar-refractivity contribution in [3.05, 3.63) is 59.7 Å². The molecule has 0 fully saturated rings. The van der Waals surface area contributed by atoms with Crippen LogP contribution < -0.4 is 35.3 Å². The molecule has 52 heavy (non-hydrogen) atoms. The molecule has 2 aromatic rings. The minimum Gasteiger partial charge on any atom is -0.493 e. The van der Waals surface area contributed by atoms with Crippen molar-refractivity contribution in [1.29, 1.82) is 0 Å². The van der Waals surface area contributed by atoms with Crippen molar-refractivity contribution in [1.82, 2.24) is 10.6 Å². The molecule has 0 radical (unpaired) electrons. The van der Waals surface area contributed by atoms with E-state index in [-0.39, 0.29) is 45.9 Å². The zero-order valence-electron chi connectivity index (χ0n) is 30.7. The molecule has 0 aliphatic rings. The quantitative estimate of drug-likeness (QED) is 0.0738. The van der Waals surface area contributed by atoms with Gasteiger partial charge >= 0.3 is 18.3 Å². The summed E-state index contributed by atoms with van der Waals surface area (Å²) in [7, 11) is 1.46. The van der Waals surface area contributed by atoms with Gasteiger partial charge in [0.2, 0.25) is 0 Å². The van der Waals surface area contributed by atoms with Crippen molar-refractivity contribution in [2.75, 3.05) is 46.6 Å². The molecule has 2 aromatic carbocycles. The van der Waals surface area contributed by atoms with Gasteiger partial charge in [-0.25, -0.2) is 14.4 Å². The van der Waals surface area contributed by atoms with Crippen LogP contribution in [0, 0.1) is 0 Å². The highest BCUT2D eigenvalue weighted by Crippen LogP contribution is 2.30. The number of ether oxygens (including phenoxy) is 7. The molecule has 0 bridgehead atoms. The molecule has 0 atom stereocenters. The highest BCUT2D eigenvalue weighted by Gasteiger charge is 2.17. The Bertz CT molecular complexity index is 1590. The first kappa shape index (κ1) is 42.4. The summed E-state index contributed by atoms with van der Waals surface area (Å²) in [5.41, 5.74) is 4.85. The van der Waals surface area contributed by atoms with Crippen molar-refractivity contribution in [3.63, 3.8) is 0 Å². The molecule has 0 unspecified atom stereocenters. The molecule has 0 heterocycles. The van der Waals surface area contributed by atoms with E-state index in [1.54, 1.807) is 84.0 Å². The lowest BCUT2D eigenvalue weighted by Crippen LogP contribution is -2.35. The lowest BCUT2D eigenvalue weighted by Gasteiger charge is -2.20. The van der Waals surface area contributed by atoms with Crippen molar-refractivity contribution in [3.8, 4) is 23.0 Å². The fourth-order valence-electron chi connectivity index (χ4n) is 3.99. The van der Waals surface area contributed by atoms with Gasteiger partial charge in [-0.3, -0.25) is 9.59 Å². The maximum atomic E-state index is 12.6. The molecule has 15 heteroatoms. The Morgan fingerprint density at radius 1 is 0.635 bits per heavy atom. The summed E-state index contributed by atoms with van der Waals surface area (Å²) in [4.78, 5) is 59.8. The fraction of sp³-hybridized carbons (Fsp3) is 0.432. The maximum absolute atomic E-state index is 12.6. The Balaban J connectivity index is 2.02. The molecule has 0 aliphatic heterocycles. The molecule has 0 aliphatic carbocycles. The number of allylic oxidation sites excluding steroid dienone is 2. The number of carbonyl (C=O) groups excluding carboxylic acids is 5. The predicted octanol–water partition coefficient (Wildman–Crippen LogP) is 5.23. The van der Waals surface area contributed by atoms with Crippen LogP contribution in [0.2, 0.25) is 0 Å². The van der Waals surface area contributed by atoms with E-state index in [0.717, 1.165) is 0 Å². The highest BCUT2D eigenvalue weighted by atomic mass is 16.6. The number of ketones is 2. The first-order chi connectivity index (χ1) is 24.4. The molecule has 284 valence electrons. The molecule has 2 rings (SSSR count). The Morgan fingerprint density at radius 2 is 1.08 bits per heavy atom. The normalized spacial score (nSPS) is 11.4. The van der Waals surface area contributed by atoms with Gasteiger partial charge in [0, 0.05) is 0 Å². The minimum absolute atomic E-state index is 0.0302. The Morgan fingerprint density at radius 3 is 1.54 bits per heavy atom. The van der Waals surface area contributed by atoms with Gasteiger partial charge in [-0.05, 0) is 89.1 Å². The van der Waals surface area contributed by atoms with E-state index in [1.807, 2.05) is 0 Å². The van der Waals surface area contributed by atoms with Gasteiger partial charge < -0.3 is 49.5 Å². The Labute approximate surface area is 303 Å². The highest BCUT2D eigenvalue weighted by molar-refractivity contribution is 6.10. The third-order valence-corrected chi connectivity index (χ3v) is 6.07. The number of primary amides is 1. The first-order valence-electron chi connectivity index (χ1n) is 16.4. The van der Waals surface area contributed by atoms with E-state index < -0.39 is 41.0 Å². The molecule has 15 nitrogen and oxygen atoms in total. The van der Waals surface area contributed by atoms with E-state index in [4.69, 9.17) is 34.2 Å². The van der Waals surface area contributed by atoms with Crippen LogP contribution in [0.1, 0.15) is 59.1 Å². The SMILES string of the molecule is COc1cc(/C=C/C(=O)CC(=O)/C=C/c2ccc(OCCNC(=O)OC(C)(C)C)c(OCCNC(=O)OC(C)(C)C)c2)ccc1OCCOC(N)=O. The lowest BCUT2D eigenvalue weighted by molar-refractivity contribution is -0.121. The monoisotopic (exact) mass is 727 g/mol. The van der Waals surface area contributed by atoms with Gasteiger partial charge in [0.1, 0.15) is 37.6 Å². The van der Waals surface area contributed by atoms with E-state index in [9.17, 15) is 24.0 Å². The lowest BCUT2D eigenvalue weighted by atomic mass is 10.1. The summed E-state index contributed by atoms with van der Waals surface area (Å²) in [6.45, 7) is 11.1. The second kappa shape index (κ2) is 20.8. The van der Waals surface area contributed by atoms with Crippen molar-refractivity contribution in [2.45, 2.75) is 59.2 Å². The number of nitrogens with one attached hydrogen (secondary N) is 2. The van der Waals surface area contributed by atoms with Gasteiger partial charge in [-0.2, -0.15) is 0 Å². The fourth-order valence-corrected chi connectivity index (χ4v) is 3.99. The average molecular weight is 728 g/mol. The molecule has 3 amide bonds. The smallest absolute Gasteiger partial charge is 0.407 e. The van der Waals surface area contributed by atoms with Gasteiger partial charge in [0.15, 0.2) is 34.6 Å². The summed E-state index contributed by atoms with van der Waals surface area (Å²) < 4.78 is 37.6. The average Bonchev–Trinajstić information content (AvgIpc) is 3.04. The third kappa shape index (κ3) is 18.3. The number of nitrogens with two attached hydrogens (primary N) is 1. The summed E-state index contributed by atoms with van der Waals surface area (Å²) in [5, 5.41) is 5.23. The first-order valence-corrected chi connectivity index (χ1v) is 16.4. The molecule has 0 saturated carbocycles. The standard InChI is InChI=1S/C37H49N3O12/c1-36(2,3)51-34(44)39-16-18-47-30-15-11-26(23-32(30)48-19-17-40-35(45)52-37(4,5)6)9-13-28(42)24-27(41)12-8-25-10-14-29(31(22-25)46-7)49-20-21-50-33(38)43/h8-15,22-23H,16-21,24H2,1-7H3,(H2,38,43)(H,39,44)(H,40,45)/b12-8+,13-9+. The number of benzene rings is 2. The van der Waals surface area contributed by atoms with Crippen LogP contribution in [0.3, 0.4) is 0 Å². The van der Waals surface area contributed by atoms with E-state index in [0.29, 0.717) is 34.1 Å². The van der Waals surface area contributed by atoms with Crippen LogP contribution in [0.15, 0.2) is 48.6 Å². The zero-order valence-corrected chi connectivity index (χ0v) is 30.7. The minimum atomic E-state index is -0.903. The summed E-state index contributed by atoms with van der Waals surface area (Å²) >= 11 is 0. The van der Waals surface area contributed by atoms with E-state index >= 15 is 0 Å². The largest absolute Gasteiger partial charge is 0.493 e. The molecule has 0 spiro atoms. The predicted molar refractivity (Wildman–Crippen MR) is 193 cm³/mol. The Hall–Kier alpha value is -5.73. The maximum Gasteiger partial charge on any atom is 0.407 e. The van der Waals surface area contributed by atoms with E-state index in [2.05, 4.69) is 15.4 Å². The second-order valence-corrected chi connectivity index (χ2v) is 13.0. The van der Waals surface area contributed by atoms with E-state index in [1.165, 1.54) is 25.3 Å². The number of hydrogen-bond acceptors (Lipinski definition) is 12. The summed E-state index contributed by atoms with van der Waals surface area (Å²) in [5.74, 6) is 0.641. The van der Waals surface area contributed by atoms with Crippen molar-refractivity contribution >= 4 is 42.0 Å². The van der Waals surface area contributed by atoms with Crippen LogP contribution >= 0.6 is 0 Å². The summed E-state index contributed by atoms with van der Waals surface area (Å²) in [6.07, 6.45) is 3.24. The third-order valence-electron chi connectivity index (χ3n) is 6.07. The van der Waals surface area contributed by atoms with Gasteiger partial charge in [0.25, 0.3) is 0 Å². The van der Waals surface area contributed by atoms with Crippen LogP contribution in [0.25, 0.3) is 12.2 Å². The summed E-state index contributed by atoms with van der Waals surface area (Å²) in [6, 6.07) is 9.95. The molecule has 4 N–H and O–H groups in total. The number of carbonyl (C=O) groups is 5. The molecule has 0 aromatic heterocycles. The van der Waals surface area contributed by atoms with Crippen LogP contribution in [0.4, 0.5) is 14.4 Å². The number of methoxy groups -OCH3 is 1. The number of amides is 3. The van der Waals surface area contributed by atoms with Crippen molar-refractivity contribution in [2.24, 2.45) is 5.73 Å². The molecule has 0 saturated heterocycles. The van der Waals surface area contributed by atoms with Crippen molar-refractivity contribution < 1.29 is 57.1 Å². The van der Waals surface area contributed by atoms with Gasteiger partial charge in [0.05, 0.1) is 26.6 Å². The van der Waals surface area contributed by atoms with Crippen LogP contribution in [-0.4, -0.2) is 87.7 Å². The second-order valence-electron chi connectivity index (χ2n) is 13.0. The zero-order chi connectivity index (χ0) is 38.7. The molecular formula is C37H49N3O12. The topological polar surface area (TPSA) is 200 Å². The number of rotatable bonds is 19. The van der Waals surface area contributed by atoms with Gasteiger partial charge in [-0.1, -0.05) is 24.3 Å². The molecular weight excluding hydrogens is 678 g/mol. The number of alkyl carbamates (subject to hydrolysis) is 2.